The highest BCUT2D eigenvalue weighted by atomic mass is 32.2. The van der Waals surface area contributed by atoms with Crippen molar-refractivity contribution in [3.63, 3.8) is 0 Å². The van der Waals surface area contributed by atoms with Gasteiger partial charge in [-0.1, -0.05) is 0 Å². The Balaban J connectivity index is 1.62. The van der Waals surface area contributed by atoms with Crippen molar-refractivity contribution >= 4 is 40.9 Å². The van der Waals surface area contributed by atoms with Crippen LogP contribution in [0.5, 0.6) is 11.5 Å². The molecule has 0 atom stereocenters. The fourth-order valence-corrected chi connectivity index (χ4v) is 3.60. The van der Waals surface area contributed by atoms with E-state index in [-0.39, 0.29) is 11.5 Å². The number of anilines is 2. The second-order valence-corrected chi connectivity index (χ2v) is 7.18. The fourth-order valence-electron chi connectivity index (χ4n) is 2.66. The fraction of sp³-hybridized carbons (Fsp3) is 0.250. The van der Waals surface area contributed by atoms with Gasteiger partial charge in [-0.25, -0.2) is 4.79 Å². The molecule has 1 aliphatic heterocycles. The number of hydrogen-bond donors (Lipinski definition) is 2. The summed E-state index contributed by atoms with van der Waals surface area (Å²) < 4.78 is 15.4. The number of fused-ring (bicyclic) bond motifs is 1. The topological polar surface area (TPSA) is 103 Å². The van der Waals surface area contributed by atoms with Crippen LogP contribution in [0.1, 0.15) is 16.8 Å². The second kappa shape index (κ2) is 9.33. The molecular weight excluding hydrogens is 396 g/mol. The normalized spacial score (nSPS) is 12.8. The van der Waals surface area contributed by atoms with E-state index in [4.69, 9.17) is 14.2 Å². The van der Waals surface area contributed by atoms with Crippen LogP contribution in [0.15, 0.2) is 41.3 Å². The summed E-state index contributed by atoms with van der Waals surface area (Å²) in [6.07, 6.45) is 0.410. The van der Waals surface area contributed by atoms with E-state index >= 15 is 0 Å². The van der Waals surface area contributed by atoms with Crippen LogP contribution < -0.4 is 20.1 Å². The van der Waals surface area contributed by atoms with Crippen LogP contribution in [0.25, 0.3) is 0 Å². The zero-order chi connectivity index (χ0) is 20.8. The third kappa shape index (κ3) is 5.20. The molecule has 29 heavy (non-hydrogen) atoms. The summed E-state index contributed by atoms with van der Waals surface area (Å²) in [5.74, 6) is 0.379. The molecule has 0 aliphatic carbocycles. The van der Waals surface area contributed by atoms with E-state index in [2.05, 4.69) is 10.6 Å². The number of hydrogen-bond acceptors (Lipinski definition) is 7. The molecule has 1 heterocycles. The van der Waals surface area contributed by atoms with Gasteiger partial charge in [-0.3, -0.25) is 9.59 Å². The average Bonchev–Trinajstić information content (AvgIpc) is 2.91. The first-order chi connectivity index (χ1) is 14.0. The molecule has 2 aromatic carbocycles. The van der Waals surface area contributed by atoms with Crippen molar-refractivity contribution in [2.75, 3.05) is 37.2 Å². The summed E-state index contributed by atoms with van der Waals surface area (Å²) in [5, 5.41) is 5.39. The molecule has 2 aromatic rings. The lowest BCUT2D eigenvalue weighted by Gasteiger charge is -2.12. The Morgan fingerprint density at radius 3 is 2.72 bits per heavy atom. The minimum Gasteiger partial charge on any atom is -0.497 e. The van der Waals surface area contributed by atoms with E-state index in [1.165, 1.54) is 26.0 Å². The Bertz CT molecular complexity index is 947. The molecule has 0 aromatic heterocycles. The first-order valence-corrected chi connectivity index (χ1v) is 9.74. The van der Waals surface area contributed by atoms with Crippen molar-refractivity contribution < 1.29 is 28.6 Å². The van der Waals surface area contributed by atoms with Gasteiger partial charge in [0.2, 0.25) is 5.91 Å². The smallest absolute Gasteiger partial charge is 0.338 e. The Labute approximate surface area is 171 Å². The number of thioether (sulfide) groups is 1. The van der Waals surface area contributed by atoms with Gasteiger partial charge in [0, 0.05) is 23.1 Å². The molecule has 3 rings (SSSR count). The number of carbonyl (C=O) groups is 3. The van der Waals surface area contributed by atoms with Gasteiger partial charge in [-0.2, -0.15) is 0 Å². The highest BCUT2D eigenvalue weighted by Gasteiger charge is 2.17. The van der Waals surface area contributed by atoms with Gasteiger partial charge in [0.25, 0.3) is 5.91 Å². The number of benzene rings is 2. The minimum atomic E-state index is -0.663. The summed E-state index contributed by atoms with van der Waals surface area (Å²) in [5.41, 5.74) is 1.22. The van der Waals surface area contributed by atoms with Gasteiger partial charge in [0.1, 0.15) is 11.5 Å². The van der Waals surface area contributed by atoms with Crippen LogP contribution in [0.4, 0.5) is 11.4 Å². The van der Waals surface area contributed by atoms with Crippen molar-refractivity contribution in [3.8, 4) is 11.5 Å². The van der Waals surface area contributed by atoms with Crippen molar-refractivity contribution in [2.45, 2.75) is 11.3 Å². The Kier molecular flexibility index (Phi) is 6.61. The number of methoxy groups -OCH3 is 2. The van der Waals surface area contributed by atoms with Crippen molar-refractivity contribution in [3.05, 3.63) is 42.0 Å². The lowest BCUT2D eigenvalue weighted by Crippen LogP contribution is -2.21. The Hall–Kier alpha value is -3.20. The number of rotatable bonds is 6. The third-order valence-corrected chi connectivity index (χ3v) is 5.17. The molecule has 0 spiro atoms. The number of ether oxygens (including phenoxy) is 3. The Morgan fingerprint density at radius 1 is 1.14 bits per heavy atom. The van der Waals surface area contributed by atoms with Crippen molar-refractivity contribution in [2.24, 2.45) is 0 Å². The average molecular weight is 416 g/mol. The first-order valence-electron chi connectivity index (χ1n) is 8.76. The molecule has 0 unspecified atom stereocenters. The standard InChI is InChI=1S/C20H20N2O6S/c1-26-13-4-5-16(27-2)14(10-13)21-19(24)11-28-20(25)12-3-6-17-15(9-12)22-18(23)7-8-29-17/h3-6,9-10H,7-8,11H2,1-2H3,(H,21,24)(H,22,23). The van der Waals surface area contributed by atoms with E-state index < -0.39 is 18.5 Å². The van der Waals surface area contributed by atoms with Crippen LogP contribution in [-0.2, 0) is 14.3 Å². The summed E-state index contributed by atoms with van der Waals surface area (Å²) in [6.45, 7) is -0.475. The summed E-state index contributed by atoms with van der Waals surface area (Å²) in [4.78, 5) is 37.1. The summed E-state index contributed by atoms with van der Waals surface area (Å²) >= 11 is 1.54. The monoisotopic (exact) mass is 416 g/mol. The zero-order valence-electron chi connectivity index (χ0n) is 15.9. The third-order valence-electron chi connectivity index (χ3n) is 4.09. The van der Waals surface area contributed by atoms with Crippen LogP contribution in [0.2, 0.25) is 0 Å². The predicted octanol–water partition coefficient (Wildman–Crippen LogP) is 2.93. The van der Waals surface area contributed by atoms with E-state index in [0.717, 1.165) is 4.90 Å². The highest BCUT2D eigenvalue weighted by molar-refractivity contribution is 7.99. The minimum absolute atomic E-state index is 0.103. The van der Waals surface area contributed by atoms with Gasteiger partial charge in [-0.05, 0) is 30.3 Å². The molecule has 8 nitrogen and oxygen atoms in total. The maximum Gasteiger partial charge on any atom is 0.338 e. The first kappa shape index (κ1) is 20.5. The SMILES string of the molecule is COc1ccc(OC)c(NC(=O)COC(=O)c2ccc3c(c2)NC(=O)CCS3)c1. The van der Waals surface area contributed by atoms with Crippen LogP contribution in [0, 0.1) is 0 Å². The van der Waals surface area contributed by atoms with Crippen LogP contribution >= 0.6 is 11.8 Å². The van der Waals surface area contributed by atoms with Gasteiger partial charge in [0.15, 0.2) is 6.61 Å². The maximum absolute atomic E-state index is 12.3. The molecule has 0 fully saturated rings. The van der Waals surface area contributed by atoms with Gasteiger partial charge >= 0.3 is 5.97 Å². The van der Waals surface area contributed by atoms with E-state index in [9.17, 15) is 14.4 Å². The van der Waals surface area contributed by atoms with E-state index in [0.29, 0.717) is 35.0 Å². The largest absolute Gasteiger partial charge is 0.497 e. The molecule has 0 radical (unpaired) electrons. The lowest BCUT2D eigenvalue weighted by atomic mass is 10.2. The second-order valence-electron chi connectivity index (χ2n) is 6.05. The molecule has 0 saturated carbocycles. The molecule has 9 heteroatoms. The summed E-state index contributed by atoms with van der Waals surface area (Å²) in [7, 11) is 2.99. The molecule has 0 bridgehead atoms. The van der Waals surface area contributed by atoms with E-state index in [1.54, 1.807) is 36.4 Å². The van der Waals surface area contributed by atoms with Crippen LogP contribution in [-0.4, -0.2) is 44.4 Å². The molecular formula is C20H20N2O6S. The number of esters is 1. The van der Waals surface area contributed by atoms with Crippen LogP contribution in [0.3, 0.4) is 0 Å². The van der Waals surface area contributed by atoms with Crippen molar-refractivity contribution in [1.82, 2.24) is 0 Å². The number of nitrogens with one attached hydrogen (secondary N) is 2. The predicted molar refractivity (Wildman–Crippen MR) is 109 cm³/mol. The Morgan fingerprint density at radius 2 is 1.97 bits per heavy atom. The summed E-state index contributed by atoms with van der Waals surface area (Å²) in [6, 6.07) is 9.87. The van der Waals surface area contributed by atoms with Crippen molar-refractivity contribution in [1.29, 1.82) is 0 Å². The maximum atomic E-state index is 12.3. The molecule has 1 aliphatic rings. The zero-order valence-corrected chi connectivity index (χ0v) is 16.8. The van der Waals surface area contributed by atoms with Gasteiger partial charge < -0.3 is 24.8 Å². The molecule has 152 valence electrons. The molecule has 2 N–H and O–H groups in total. The number of amides is 2. The lowest BCUT2D eigenvalue weighted by molar-refractivity contribution is -0.119. The molecule has 2 amide bonds. The number of carbonyl (C=O) groups excluding carboxylic acids is 3. The highest BCUT2D eigenvalue weighted by Crippen LogP contribution is 2.32. The quantitative estimate of drug-likeness (QED) is 0.698. The van der Waals surface area contributed by atoms with E-state index in [1.807, 2.05) is 0 Å². The van der Waals surface area contributed by atoms with Gasteiger partial charge in [0.05, 0.1) is 31.2 Å². The molecule has 0 saturated heterocycles. The van der Waals surface area contributed by atoms with Gasteiger partial charge in [-0.15, -0.1) is 11.8 Å².